The Morgan fingerprint density at radius 2 is 1.82 bits per heavy atom. The third-order valence-electron chi connectivity index (χ3n) is 4.95. The van der Waals surface area contributed by atoms with Crippen LogP contribution in [0.4, 0.5) is 11.5 Å². The van der Waals surface area contributed by atoms with E-state index >= 15 is 0 Å². The van der Waals surface area contributed by atoms with Crippen molar-refractivity contribution in [1.82, 2.24) is 15.0 Å². The Hall–Kier alpha value is -4.42. The number of aromatic amines is 1. The molecule has 162 valence electrons. The molecule has 3 heterocycles. The highest BCUT2D eigenvalue weighted by atomic mass is 32.2. The van der Waals surface area contributed by atoms with E-state index in [-0.39, 0.29) is 4.90 Å². The minimum atomic E-state index is -3.26. The maximum absolute atomic E-state index is 11.6. The van der Waals surface area contributed by atoms with E-state index in [1.165, 1.54) is 6.26 Å². The average Bonchev–Trinajstić information content (AvgIpc) is 3.16. The summed E-state index contributed by atoms with van der Waals surface area (Å²) in [6, 6.07) is 15.4. The number of H-pyrrole nitrogens is 1. The third-order valence-corrected chi connectivity index (χ3v) is 6.08. The van der Waals surface area contributed by atoms with E-state index in [1.807, 2.05) is 12.1 Å². The van der Waals surface area contributed by atoms with Gasteiger partial charge in [-0.2, -0.15) is 0 Å². The summed E-state index contributed by atoms with van der Waals surface area (Å²) < 4.78 is 28.4. The predicted octanol–water partition coefficient (Wildman–Crippen LogP) is 3.61. The van der Waals surface area contributed by atoms with Crippen molar-refractivity contribution in [2.24, 2.45) is 0 Å². The summed E-state index contributed by atoms with van der Waals surface area (Å²) in [6.07, 6.45) is 4.55. The number of fused-ring (bicyclic) bond motifs is 2. The number of anilines is 2. The largest absolute Gasteiger partial charge is 0.417 e. The molecule has 5 aromatic rings. The predicted molar refractivity (Wildman–Crippen MR) is 125 cm³/mol. The van der Waals surface area contributed by atoms with Crippen LogP contribution in [-0.2, 0) is 9.84 Å². The van der Waals surface area contributed by atoms with Gasteiger partial charge in [-0.25, -0.2) is 23.2 Å². The third kappa shape index (κ3) is 4.33. The summed E-state index contributed by atoms with van der Waals surface area (Å²) in [6.45, 7) is 0. The zero-order chi connectivity index (χ0) is 23.0. The average molecular weight is 456 g/mol. The van der Waals surface area contributed by atoms with Crippen LogP contribution in [0.2, 0.25) is 0 Å². The van der Waals surface area contributed by atoms with E-state index in [1.54, 1.807) is 54.9 Å². The number of benzene rings is 2. The number of hydrogen-bond acceptors (Lipinski definition) is 7. The molecule has 0 saturated heterocycles. The Balaban J connectivity index is 1.47. The molecule has 0 aliphatic carbocycles. The molecule has 2 N–H and O–H groups in total. The maximum atomic E-state index is 11.6. The summed E-state index contributed by atoms with van der Waals surface area (Å²) >= 11 is 0. The van der Waals surface area contributed by atoms with Crippen molar-refractivity contribution in [1.29, 1.82) is 0 Å². The minimum absolute atomic E-state index is 0.249. The zero-order valence-electron chi connectivity index (χ0n) is 17.3. The Morgan fingerprint density at radius 1 is 1.00 bits per heavy atom. The molecule has 0 amide bonds. The lowest BCUT2D eigenvalue weighted by Gasteiger charge is -2.08. The van der Waals surface area contributed by atoms with Gasteiger partial charge in [0.2, 0.25) is 0 Å². The van der Waals surface area contributed by atoms with Gasteiger partial charge in [-0.05, 0) is 60.5 Å². The molecule has 0 saturated carbocycles. The van der Waals surface area contributed by atoms with E-state index in [0.29, 0.717) is 33.9 Å². The summed E-state index contributed by atoms with van der Waals surface area (Å²) in [5, 5.41) is 4.85. The van der Waals surface area contributed by atoms with Crippen LogP contribution in [0, 0.1) is 11.8 Å². The lowest BCUT2D eigenvalue weighted by atomic mass is 10.1. The molecule has 5 rings (SSSR count). The highest BCUT2D eigenvalue weighted by Crippen LogP contribution is 2.23. The first-order valence-corrected chi connectivity index (χ1v) is 11.7. The van der Waals surface area contributed by atoms with Crippen LogP contribution in [0.15, 0.2) is 81.1 Å². The van der Waals surface area contributed by atoms with E-state index < -0.39 is 15.6 Å². The Morgan fingerprint density at radius 3 is 2.61 bits per heavy atom. The number of oxazole rings is 1. The first-order valence-electron chi connectivity index (χ1n) is 9.82. The van der Waals surface area contributed by atoms with Crippen molar-refractivity contribution in [2.45, 2.75) is 4.90 Å². The molecule has 0 radical (unpaired) electrons. The lowest BCUT2D eigenvalue weighted by Crippen LogP contribution is -1.98. The van der Waals surface area contributed by atoms with E-state index in [4.69, 9.17) is 4.42 Å². The van der Waals surface area contributed by atoms with Gasteiger partial charge in [-0.15, -0.1) is 0 Å². The van der Waals surface area contributed by atoms with Gasteiger partial charge in [0.25, 0.3) is 0 Å². The first-order chi connectivity index (χ1) is 15.8. The Bertz CT molecular complexity index is 1740. The van der Waals surface area contributed by atoms with Crippen LogP contribution in [0.25, 0.3) is 21.9 Å². The Kier molecular flexibility index (Phi) is 4.92. The smallest absolute Gasteiger partial charge is 0.408 e. The highest BCUT2D eigenvalue weighted by molar-refractivity contribution is 7.90. The second kappa shape index (κ2) is 7.93. The number of nitrogens with zero attached hydrogens (tertiary/aromatic N) is 2. The van der Waals surface area contributed by atoms with E-state index in [2.05, 4.69) is 32.1 Å². The molecule has 0 atom stereocenters. The van der Waals surface area contributed by atoms with Crippen LogP contribution in [-0.4, -0.2) is 29.6 Å². The van der Waals surface area contributed by atoms with Crippen molar-refractivity contribution in [3.63, 3.8) is 0 Å². The molecule has 0 unspecified atom stereocenters. The Labute approximate surface area is 188 Å². The van der Waals surface area contributed by atoms with Crippen molar-refractivity contribution >= 4 is 43.2 Å². The fourth-order valence-corrected chi connectivity index (χ4v) is 3.95. The van der Waals surface area contributed by atoms with Crippen LogP contribution in [0.3, 0.4) is 0 Å². The molecule has 8 nitrogen and oxygen atoms in total. The molecule has 0 bridgehead atoms. The van der Waals surface area contributed by atoms with Crippen LogP contribution >= 0.6 is 0 Å². The van der Waals surface area contributed by atoms with Gasteiger partial charge in [-0.1, -0.05) is 5.92 Å². The summed E-state index contributed by atoms with van der Waals surface area (Å²) in [4.78, 5) is 23.0. The topological polar surface area (TPSA) is 118 Å². The van der Waals surface area contributed by atoms with Crippen LogP contribution < -0.4 is 11.1 Å². The summed E-state index contributed by atoms with van der Waals surface area (Å²) in [5.74, 6) is 6.20. The number of pyridine rings is 2. The first kappa shape index (κ1) is 20.5. The van der Waals surface area contributed by atoms with Gasteiger partial charge in [-0.3, -0.25) is 4.98 Å². The molecule has 2 aromatic carbocycles. The van der Waals surface area contributed by atoms with Gasteiger partial charge in [0, 0.05) is 40.7 Å². The zero-order valence-corrected chi connectivity index (χ0v) is 18.1. The molecule has 0 aliphatic rings. The van der Waals surface area contributed by atoms with Gasteiger partial charge in [0.05, 0.1) is 10.4 Å². The second-order valence-electron chi connectivity index (χ2n) is 7.35. The van der Waals surface area contributed by atoms with Crippen molar-refractivity contribution in [3.8, 4) is 11.8 Å². The highest BCUT2D eigenvalue weighted by Gasteiger charge is 2.08. The van der Waals surface area contributed by atoms with Gasteiger partial charge in [0.1, 0.15) is 11.5 Å². The fraction of sp³-hybridized carbons (Fsp3) is 0.0417. The monoisotopic (exact) mass is 456 g/mol. The number of sulfone groups is 1. The van der Waals surface area contributed by atoms with Gasteiger partial charge < -0.3 is 9.73 Å². The molecule has 9 heteroatoms. The number of aromatic nitrogens is 3. The molecule has 33 heavy (non-hydrogen) atoms. The maximum Gasteiger partial charge on any atom is 0.417 e. The molecule has 3 aromatic heterocycles. The number of nitrogens with one attached hydrogen (secondary N) is 2. The molecule has 0 fully saturated rings. The van der Waals surface area contributed by atoms with E-state index in [0.717, 1.165) is 10.8 Å². The van der Waals surface area contributed by atoms with Crippen molar-refractivity contribution in [3.05, 3.63) is 88.8 Å². The minimum Gasteiger partial charge on any atom is -0.408 e. The second-order valence-corrected chi connectivity index (χ2v) is 9.36. The lowest BCUT2D eigenvalue weighted by molar-refractivity contribution is 0.555. The summed E-state index contributed by atoms with van der Waals surface area (Å²) in [5.41, 5.74) is 3.01. The number of hydrogen-bond donors (Lipinski definition) is 2. The normalized spacial score (nSPS) is 11.3. The number of rotatable bonds is 3. The van der Waals surface area contributed by atoms with Gasteiger partial charge >= 0.3 is 5.76 Å². The van der Waals surface area contributed by atoms with Gasteiger partial charge in [0.15, 0.2) is 15.4 Å². The van der Waals surface area contributed by atoms with Crippen LogP contribution in [0.5, 0.6) is 0 Å². The quantitative estimate of drug-likeness (QED) is 0.398. The summed E-state index contributed by atoms with van der Waals surface area (Å²) in [7, 11) is -3.26. The molecule has 0 aliphatic heterocycles. The van der Waals surface area contributed by atoms with E-state index in [9.17, 15) is 13.2 Å². The fourth-order valence-electron chi connectivity index (χ4n) is 3.32. The molecular formula is C24H16N4O4S. The molecule has 0 spiro atoms. The van der Waals surface area contributed by atoms with Crippen molar-refractivity contribution in [2.75, 3.05) is 11.6 Å². The SMILES string of the molecule is CS(=O)(=O)c1ccc(Nc2cc3c(C#Cc4ccc5[nH]c(=O)oc5c4)nccc3cn2)cc1. The standard InChI is InChI=1S/C24H16N4O4S/c1-33(30,31)18-6-4-17(5-7-18)27-23-13-19-16(14-26-23)10-11-25-20(19)8-2-15-3-9-21-22(12-15)32-24(29)28-21/h3-7,9-14H,1H3,(H,26,27)(H,28,29). The molecular weight excluding hydrogens is 440 g/mol. The van der Waals surface area contributed by atoms with Crippen molar-refractivity contribution < 1.29 is 12.8 Å². The van der Waals surface area contributed by atoms with Crippen LogP contribution in [0.1, 0.15) is 11.3 Å².